The summed E-state index contributed by atoms with van der Waals surface area (Å²) < 4.78 is 5.16. The number of aryl methyl sites for hydroxylation is 1. The van der Waals surface area contributed by atoms with E-state index in [4.69, 9.17) is 16.3 Å². The van der Waals surface area contributed by atoms with E-state index in [1.807, 2.05) is 49.4 Å². The van der Waals surface area contributed by atoms with Crippen LogP contribution >= 0.6 is 11.6 Å². The Hall–Kier alpha value is -2.86. The average Bonchev–Trinajstić information content (AvgIpc) is 2.66. The first-order chi connectivity index (χ1) is 12.6. The number of nitrogens with one attached hydrogen (secondary N) is 2. The fourth-order valence-corrected chi connectivity index (χ4v) is 2.55. The van der Waals surface area contributed by atoms with Gasteiger partial charge in [-0.25, -0.2) is 0 Å². The third-order valence-electron chi connectivity index (χ3n) is 3.86. The molecule has 3 aromatic rings. The summed E-state index contributed by atoms with van der Waals surface area (Å²) in [6.45, 7) is 2.66. The van der Waals surface area contributed by atoms with Crippen LogP contribution in [0.25, 0.3) is 0 Å². The van der Waals surface area contributed by atoms with Gasteiger partial charge < -0.3 is 15.4 Å². The molecule has 3 rings (SSSR count). The maximum Gasteiger partial charge on any atom is 0.244 e. The van der Waals surface area contributed by atoms with Gasteiger partial charge in [-0.1, -0.05) is 29.8 Å². The molecule has 0 fully saturated rings. The Balaban J connectivity index is 1.57. The summed E-state index contributed by atoms with van der Waals surface area (Å²) in [4.78, 5) is 4.42. The highest BCUT2D eigenvalue weighted by molar-refractivity contribution is 6.31. The SMILES string of the molecule is COc1ccc(CCNc2nncc(Nc3ccc(C)c(Cl)c3)n2)cc1. The number of methoxy groups -OCH3 is 1. The molecule has 26 heavy (non-hydrogen) atoms. The molecule has 134 valence electrons. The maximum atomic E-state index is 6.15. The van der Waals surface area contributed by atoms with Gasteiger partial charge in [-0.05, 0) is 48.7 Å². The second-order valence-electron chi connectivity index (χ2n) is 5.78. The quantitative estimate of drug-likeness (QED) is 0.649. The lowest BCUT2D eigenvalue weighted by Gasteiger charge is -2.09. The monoisotopic (exact) mass is 369 g/mol. The molecule has 0 aliphatic rings. The zero-order valence-electron chi connectivity index (χ0n) is 14.7. The molecule has 0 spiro atoms. The number of nitrogens with zero attached hydrogens (tertiary/aromatic N) is 3. The normalized spacial score (nSPS) is 10.4. The highest BCUT2D eigenvalue weighted by Gasteiger charge is 2.03. The number of ether oxygens (including phenoxy) is 1. The fourth-order valence-electron chi connectivity index (χ4n) is 2.37. The summed E-state index contributed by atoms with van der Waals surface area (Å²) in [6, 6.07) is 13.7. The van der Waals surface area contributed by atoms with Crippen molar-refractivity contribution in [2.45, 2.75) is 13.3 Å². The first kappa shape index (κ1) is 17.9. The van der Waals surface area contributed by atoms with Crippen molar-refractivity contribution in [2.75, 3.05) is 24.3 Å². The third kappa shape index (κ3) is 4.83. The molecule has 0 atom stereocenters. The van der Waals surface area contributed by atoms with Crippen LogP contribution in [0.5, 0.6) is 5.75 Å². The summed E-state index contributed by atoms with van der Waals surface area (Å²) in [7, 11) is 1.66. The largest absolute Gasteiger partial charge is 0.497 e. The van der Waals surface area contributed by atoms with E-state index >= 15 is 0 Å². The molecule has 0 saturated heterocycles. The van der Waals surface area contributed by atoms with Gasteiger partial charge in [0.25, 0.3) is 0 Å². The van der Waals surface area contributed by atoms with Gasteiger partial charge in [-0.15, -0.1) is 5.10 Å². The van der Waals surface area contributed by atoms with Crippen molar-refractivity contribution in [1.82, 2.24) is 15.2 Å². The van der Waals surface area contributed by atoms with E-state index in [2.05, 4.69) is 25.8 Å². The van der Waals surface area contributed by atoms with E-state index in [0.717, 1.165) is 23.4 Å². The van der Waals surface area contributed by atoms with E-state index in [0.29, 0.717) is 23.3 Å². The second-order valence-corrected chi connectivity index (χ2v) is 6.19. The summed E-state index contributed by atoms with van der Waals surface area (Å²) >= 11 is 6.15. The molecular formula is C19H20ClN5O. The van der Waals surface area contributed by atoms with Crippen LogP contribution in [-0.2, 0) is 6.42 Å². The fraction of sp³-hybridized carbons (Fsp3) is 0.211. The summed E-state index contributed by atoms with van der Waals surface area (Å²) in [6.07, 6.45) is 2.42. The van der Waals surface area contributed by atoms with Crippen molar-refractivity contribution in [2.24, 2.45) is 0 Å². The van der Waals surface area contributed by atoms with E-state index in [-0.39, 0.29) is 0 Å². The third-order valence-corrected chi connectivity index (χ3v) is 4.27. The van der Waals surface area contributed by atoms with E-state index in [1.54, 1.807) is 13.3 Å². The second kappa shape index (κ2) is 8.49. The standard InChI is InChI=1S/C19H20ClN5O/c1-13-3-6-15(11-17(13)20)23-18-12-22-25-19(24-18)21-10-9-14-4-7-16(26-2)8-5-14/h3-8,11-12H,9-10H2,1-2H3,(H2,21,23,24,25). The minimum Gasteiger partial charge on any atom is -0.497 e. The van der Waals surface area contributed by atoms with Crippen LogP contribution in [0, 0.1) is 6.92 Å². The first-order valence-corrected chi connectivity index (χ1v) is 8.61. The van der Waals surface area contributed by atoms with Crippen molar-refractivity contribution in [3.63, 3.8) is 0 Å². The van der Waals surface area contributed by atoms with Crippen molar-refractivity contribution in [3.8, 4) is 5.75 Å². The van der Waals surface area contributed by atoms with Crippen molar-refractivity contribution in [1.29, 1.82) is 0 Å². The van der Waals surface area contributed by atoms with Crippen molar-refractivity contribution >= 4 is 29.1 Å². The number of benzene rings is 2. The highest BCUT2D eigenvalue weighted by atomic mass is 35.5. The molecule has 0 radical (unpaired) electrons. The molecular weight excluding hydrogens is 350 g/mol. The Bertz CT molecular complexity index is 870. The van der Waals surface area contributed by atoms with Crippen LogP contribution < -0.4 is 15.4 Å². The molecule has 0 bridgehead atoms. The lowest BCUT2D eigenvalue weighted by Crippen LogP contribution is -2.09. The van der Waals surface area contributed by atoms with Gasteiger partial charge in [-0.3, -0.25) is 0 Å². The number of halogens is 1. The molecule has 0 aliphatic carbocycles. The Kier molecular flexibility index (Phi) is 5.86. The van der Waals surface area contributed by atoms with Crippen LogP contribution in [0.3, 0.4) is 0 Å². The van der Waals surface area contributed by atoms with Crippen LogP contribution in [-0.4, -0.2) is 28.8 Å². The van der Waals surface area contributed by atoms with Gasteiger partial charge in [0.15, 0.2) is 5.82 Å². The summed E-state index contributed by atoms with van der Waals surface area (Å²) in [5, 5.41) is 15.1. The van der Waals surface area contributed by atoms with E-state index in [1.165, 1.54) is 5.56 Å². The molecule has 0 saturated carbocycles. The zero-order valence-corrected chi connectivity index (χ0v) is 15.4. The zero-order chi connectivity index (χ0) is 18.4. The van der Waals surface area contributed by atoms with Crippen LogP contribution in [0.2, 0.25) is 5.02 Å². The minimum absolute atomic E-state index is 0.474. The molecule has 0 amide bonds. The van der Waals surface area contributed by atoms with Gasteiger partial charge >= 0.3 is 0 Å². The minimum atomic E-state index is 0.474. The van der Waals surface area contributed by atoms with Crippen LogP contribution in [0.4, 0.5) is 17.5 Å². The lowest BCUT2D eigenvalue weighted by atomic mass is 10.1. The van der Waals surface area contributed by atoms with E-state index < -0.39 is 0 Å². The van der Waals surface area contributed by atoms with Crippen molar-refractivity contribution < 1.29 is 4.74 Å². The summed E-state index contributed by atoms with van der Waals surface area (Å²) in [5.74, 6) is 1.93. The molecule has 0 aliphatic heterocycles. The molecule has 6 nitrogen and oxygen atoms in total. The molecule has 2 N–H and O–H groups in total. The van der Waals surface area contributed by atoms with Gasteiger partial charge in [0.05, 0.1) is 13.3 Å². The Morgan fingerprint density at radius 1 is 1.12 bits per heavy atom. The van der Waals surface area contributed by atoms with Gasteiger partial charge in [-0.2, -0.15) is 10.1 Å². The van der Waals surface area contributed by atoms with Gasteiger partial charge in [0, 0.05) is 17.3 Å². The Morgan fingerprint density at radius 2 is 1.92 bits per heavy atom. The predicted molar refractivity (Wildman–Crippen MR) is 104 cm³/mol. The van der Waals surface area contributed by atoms with Crippen LogP contribution in [0.15, 0.2) is 48.7 Å². The number of hydrogen-bond acceptors (Lipinski definition) is 6. The molecule has 1 heterocycles. The number of rotatable bonds is 7. The predicted octanol–water partition coefficient (Wildman–Crippen LogP) is 4.24. The average molecular weight is 370 g/mol. The molecule has 1 aromatic heterocycles. The van der Waals surface area contributed by atoms with E-state index in [9.17, 15) is 0 Å². The smallest absolute Gasteiger partial charge is 0.244 e. The topological polar surface area (TPSA) is 72.0 Å². The van der Waals surface area contributed by atoms with Crippen LogP contribution in [0.1, 0.15) is 11.1 Å². The Labute approximate surface area is 157 Å². The molecule has 7 heteroatoms. The van der Waals surface area contributed by atoms with Gasteiger partial charge in [0.1, 0.15) is 5.75 Å². The molecule has 2 aromatic carbocycles. The Morgan fingerprint density at radius 3 is 2.65 bits per heavy atom. The number of anilines is 3. The van der Waals surface area contributed by atoms with Crippen molar-refractivity contribution in [3.05, 3.63) is 64.8 Å². The number of hydrogen-bond donors (Lipinski definition) is 2. The lowest BCUT2D eigenvalue weighted by molar-refractivity contribution is 0.414. The summed E-state index contributed by atoms with van der Waals surface area (Å²) in [5.41, 5.74) is 3.08. The highest BCUT2D eigenvalue weighted by Crippen LogP contribution is 2.22. The first-order valence-electron chi connectivity index (χ1n) is 8.24. The molecule has 0 unspecified atom stereocenters. The maximum absolute atomic E-state index is 6.15. The number of aromatic nitrogens is 3. The van der Waals surface area contributed by atoms with Gasteiger partial charge in [0.2, 0.25) is 5.95 Å².